The first-order valence-corrected chi connectivity index (χ1v) is 8.97. The number of hydrazone groups is 1. The Morgan fingerprint density at radius 2 is 1.58 bits per heavy atom. The van der Waals surface area contributed by atoms with Crippen molar-refractivity contribution in [3.8, 4) is 0 Å². The summed E-state index contributed by atoms with van der Waals surface area (Å²) in [5, 5.41) is 26.4. The molecular formula is C18H24N4O4. The van der Waals surface area contributed by atoms with Gasteiger partial charge in [-0.25, -0.2) is 0 Å². The Morgan fingerprint density at radius 1 is 0.885 bits per heavy atom. The molecule has 8 nitrogen and oxygen atoms in total. The van der Waals surface area contributed by atoms with Gasteiger partial charge >= 0.3 is 5.69 Å². The second kappa shape index (κ2) is 10.3. The molecule has 1 N–H and O–H groups in total. The number of nitro benzene ring substituents is 2. The molecule has 1 aromatic carbocycles. The second-order valence-electron chi connectivity index (χ2n) is 6.32. The van der Waals surface area contributed by atoms with E-state index < -0.39 is 9.85 Å². The Morgan fingerprint density at radius 3 is 2.31 bits per heavy atom. The van der Waals surface area contributed by atoms with Crippen LogP contribution in [0.4, 0.5) is 17.1 Å². The average Bonchev–Trinajstić information content (AvgIpc) is 2.61. The molecule has 8 heteroatoms. The minimum Gasteiger partial charge on any atom is -0.272 e. The Labute approximate surface area is 152 Å². The van der Waals surface area contributed by atoms with Crippen molar-refractivity contribution in [3.05, 3.63) is 50.6 Å². The first-order valence-electron chi connectivity index (χ1n) is 8.97. The first kappa shape index (κ1) is 19.6. The third-order valence-electron chi connectivity index (χ3n) is 4.31. The van der Waals surface area contributed by atoms with Crippen LogP contribution in [0.5, 0.6) is 0 Å². The van der Waals surface area contributed by atoms with Gasteiger partial charge in [-0.05, 0) is 51.0 Å². The van der Waals surface area contributed by atoms with Gasteiger partial charge < -0.3 is 0 Å². The number of hydrogen-bond donors (Lipinski definition) is 1. The highest BCUT2D eigenvalue weighted by Crippen LogP contribution is 2.29. The van der Waals surface area contributed by atoms with Crippen molar-refractivity contribution < 1.29 is 9.85 Å². The summed E-state index contributed by atoms with van der Waals surface area (Å²) in [6.45, 7) is 0. The van der Waals surface area contributed by atoms with E-state index in [9.17, 15) is 20.2 Å². The van der Waals surface area contributed by atoms with Gasteiger partial charge in [-0.3, -0.25) is 25.7 Å². The maximum Gasteiger partial charge on any atom is 0.301 e. The van der Waals surface area contributed by atoms with Crippen LogP contribution < -0.4 is 5.43 Å². The van der Waals surface area contributed by atoms with Gasteiger partial charge in [0.15, 0.2) is 0 Å². The number of anilines is 1. The van der Waals surface area contributed by atoms with Crippen LogP contribution in [0.1, 0.15) is 57.8 Å². The SMILES string of the molecule is O=[N+]([O-])c1ccc(N/N=C2\CCC/C=C/CCCCCC2)c([N+](=O)[O-])c1. The molecule has 0 heterocycles. The molecule has 1 aliphatic rings. The molecule has 0 fully saturated rings. The lowest BCUT2D eigenvalue weighted by atomic mass is 10.0. The third kappa shape index (κ3) is 6.27. The Balaban J connectivity index is 2.11. The third-order valence-corrected chi connectivity index (χ3v) is 4.31. The molecule has 26 heavy (non-hydrogen) atoms. The van der Waals surface area contributed by atoms with E-state index in [0.717, 1.165) is 56.7 Å². The summed E-state index contributed by atoms with van der Waals surface area (Å²) in [5.74, 6) is 0. The molecule has 0 radical (unpaired) electrons. The molecule has 0 saturated heterocycles. The van der Waals surface area contributed by atoms with E-state index in [2.05, 4.69) is 22.7 Å². The highest BCUT2D eigenvalue weighted by Gasteiger charge is 2.19. The van der Waals surface area contributed by atoms with Gasteiger partial charge in [0.25, 0.3) is 5.69 Å². The minimum atomic E-state index is -0.650. The van der Waals surface area contributed by atoms with Crippen molar-refractivity contribution in [3.63, 3.8) is 0 Å². The molecule has 1 aromatic rings. The molecule has 0 bridgehead atoms. The summed E-state index contributed by atoms with van der Waals surface area (Å²) in [7, 11) is 0. The molecule has 0 spiro atoms. The molecule has 140 valence electrons. The van der Waals surface area contributed by atoms with E-state index in [1.807, 2.05) is 0 Å². The van der Waals surface area contributed by atoms with Gasteiger partial charge in [0.1, 0.15) is 5.69 Å². The van der Waals surface area contributed by atoms with E-state index >= 15 is 0 Å². The molecule has 1 aliphatic carbocycles. The highest BCUT2D eigenvalue weighted by molar-refractivity contribution is 5.85. The smallest absolute Gasteiger partial charge is 0.272 e. The lowest BCUT2D eigenvalue weighted by Gasteiger charge is -2.09. The fourth-order valence-electron chi connectivity index (χ4n) is 2.86. The Kier molecular flexibility index (Phi) is 7.73. The number of non-ortho nitro benzene ring substituents is 1. The Bertz CT molecular complexity index is 700. The normalized spacial score (nSPS) is 19.2. The van der Waals surface area contributed by atoms with E-state index in [-0.39, 0.29) is 17.1 Å². The largest absolute Gasteiger partial charge is 0.301 e. The van der Waals surface area contributed by atoms with Crippen LogP contribution >= 0.6 is 0 Å². The van der Waals surface area contributed by atoms with Crippen molar-refractivity contribution in [1.82, 2.24) is 0 Å². The zero-order valence-electron chi connectivity index (χ0n) is 14.7. The summed E-state index contributed by atoms with van der Waals surface area (Å²) in [6.07, 6.45) is 13.8. The molecule has 0 saturated carbocycles. The summed E-state index contributed by atoms with van der Waals surface area (Å²) in [5.41, 5.74) is 3.23. The number of allylic oxidation sites excluding steroid dienone is 2. The first-order chi connectivity index (χ1) is 12.6. The number of benzene rings is 1. The lowest BCUT2D eigenvalue weighted by molar-refractivity contribution is -0.393. The van der Waals surface area contributed by atoms with Crippen LogP contribution in [-0.2, 0) is 0 Å². The van der Waals surface area contributed by atoms with Crippen LogP contribution in [0, 0.1) is 20.2 Å². The van der Waals surface area contributed by atoms with Crippen LogP contribution in [0.25, 0.3) is 0 Å². The minimum absolute atomic E-state index is 0.166. The van der Waals surface area contributed by atoms with Crippen LogP contribution in [-0.4, -0.2) is 15.6 Å². The van der Waals surface area contributed by atoms with Crippen molar-refractivity contribution in [2.75, 3.05) is 5.43 Å². The molecule has 0 aromatic heterocycles. The quantitative estimate of drug-likeness (QED) is 0.442. The van der Waals surface area contributed by atoms with Crippen molar-refractivity contribution >= 4 is 22.8 Å². The van der Waals surface area contributed by atoms with Crippen molar-refractivity contribution in [2.24, 2.45) is 5.10 Å². The maximum atomic E-state index is 11.2. The fraction of sp³-hybridized carbons (Fsp3) is 0.500. The highest BCUT2D eigenvalue weighted by atomic mass is 16.6. The topological polar surface area (TPSA) is 111 Å². The standard InChI is InChI=1S/C18H24N4O4/c23-21(24)16-12-13-17(18(14-16)22(25)26)20-19-15-10-8-6-4-2-1-3-5-7-9-11-15/h2,4,12-14,20H,1,3,5-11H2/b4-2+,19-15+. The van der Waals surface area contributed by atoms with E-state index in [0.29, 0.717) is 0 Å². The van der Waals surface area contributed by atoms with Crippen LogP contribution in [0.3, 0.4) is 0 Å². The lowest BCUT2D eigenvalue weighted by Crippen LogP contribution is -2.05. The molecule has 2 rings (SSSR count). The second-order valence-corrected chi connectivity index (χ2v) is 6.32. The average molecular weight is 360 g/mol. The number of nitrogens with one attached hydrogen (secondary N) is 1. The predicted octanol–water partition coefficient (Wildman–Crippen LogP) is 5.35. The number of hydrogen-bond acceptors (Lipinski definition) is 6. The van der Waals surface area contributed by atoms with Gasteiger partial charge in [0.2, 0.25) is 0 Å². The molecule has 0 amide bonds. The van der Waals surface area contributed by atoms with Gasteiger partial charge in [-0.2, -0.15) is 5.10 Å². The van der Waals surface area contributed by atoms with Gasteiger partial charge in [0, 0.05) is 11.8 Å². The molecule has 0 aliphatic heterocycles. The molecule has 0 atom stereocenters. The maximum absolute atomic E-state index is 11.2. The predicted molar refractivity (Wildman–Crippen MR) is 102 cm³/mol. The van der Waals surface area contributed by atoms with Crippen LogP contribution in [0.15, 0.2) is 35.5 Å². The zero-order chi connectivity index (χ0) is 18.8. The van der Waals surface area contributed by atoms with E-state index in [1.165, 1.54) is 25.0 Å². The van der Waals surface area contributed by atoms with E-state index in [1.54, 1.807) is 0 Å². The van der Waals surface area contributed by atoms with Gasteiger partial charge in [-0.1, -0.05) is 25.0 Å². The molecular weight excluding hydrogens is 336 g/mol. The summed E-state index contributed by atoms with van der Waals surface area (Å²) < 4.78 is 0. The van der Waals surface area contributed by atoms with Gasteiger partial charge in [-0.15, -0.1) is 0 Å². The summed E-state index contributed by atoms with van der Waals surface area (Å²) in [6, 6.07) is 3.52. The zero-order valence-corrected chi connectivity index (χ0v) is 14.7. The van der Waals surface area contributed by atoms with Crippen molar-refractivity contribution in [2.45, 2.75) is 57.8 Å². The number of rotatable bonds is 4. The van der Waals surface area contributed by atoms with Crippen molar-refractivity contribution in [1.29, 1.82) is 0 Å². The summed E-state index contributed by atoms with van der Waals surface area (Å²) >= 11 is 0. The summed E-state index contributed by atoms with van der Waals surface area (Å²) in [4.78, 5) is 20.7. The van der Waals surface area contributed by atoms with Gasteiger partial charge in [0.05, 0.1) is 15.9 Å². The Hall–Kier alpha value is -2.77. The monoisotopic (exact) mass is 360 g/mol. The molecule has 0 unspecified atom stereocenters. The number of nitro groups is 2. The number of nitrogens with zero attached hydrogens (tertiary/aromatic N) is 3. The fourth-order valence-corrected chi connectivity index (χ4v) is 2.86. The van der Waals surface area contributed by atoms with E-state index in [4.69, 9.17) is 0 Å². The van der Waals surface area contributed by atoms with Crippen LogP contribution in [0.2, 0.25) is 0 Å².